The maximum absolute atomic E-state index is 13.0. The van der Waals surface area contributed by atoms with Gasteiger partial charge in [0.1, 0.15) is 5.82 Å². The summed E-state index contributed by atoms with van der Waals surface area (Å²) in [5, 5.41) is 4.71. The Morgan fingerprint density at radius 3 is 2.33 bits per heavy atom. The van der Waals surface area contributed by atoms with E-state index in [0.717, 1.165) is 53.3 Å². The summed E-state index contributed by atoms with van der Waals surface area (Å²) >= 11 is 0. The Bertz CT molecular complexity index is 1460. The van der Waals surface area contributed by atoms with Crippen molar-refractivity contribution in [3.05, 3.63) is 111 Å². The van der Waals surface area contributed by atoms with E-state index >= 15 is 0 Å². The zero-order chi connectivity index (χ0) is 27.2. The molecule has 4 aromatic rings. The second-order valence-corrected chi connectivity index (χ2v) is 10.3. The van der Waals surface area contributed by atoms with Crippen molar-refractivity contribution in [2.45, 2.75) is 71.4 Å². The Hall–Kier alpha value is -3.93. The van der Waals surface area contributed by atoms with Crippen LogP contribution in [0, 0.1) is 0 Å². The lowest BCUT2D eigenvalue weighted by Gasteiger charge is -2.07. The summed E-state index contributed by atoms with van der Waals surface area (Å²) in [7, 11) is 0. The predicted octanol–water partition coefficient (Wildman–Crippen LogP) is 5.94. The molecule has 0 bridgehead atoms. The van der Waals surface area contributed by atoms with Crippen LogP contribution in [0.5, 0.6) is 0 Å². The van der Waals surface area contributed by atoms with Crippen LogP contribution in [0.4, 0.5) is 0 Å². The van der Waals surface area contributed by atoms with Gasteiger partial charge < -0.3 is 4.74 Å². The molecular formula is C33H37N3O3. The van der Waals surface area contributed by atoms with Gasteiger partial charge in [-0.2, -0.15) is 5.10 Å². The number of rotatable bonds is 12. The number of ether oxygens (including phenoxy) is 1. The molecule has 5 rings (SSSR count). The Morgan fingerprint density at radius 2 is 1.64 bits per heavy atom. The van der Waals surface area contributed by atoms with Gasteiger partial charge in [0.25, 0.3) is 0 Å². The SMILES string of the molecule is CCOC(=O)Cc1cccc(-c2ccc(CCCc3nn(Cc4ccc(C5CC5)cc4)c(=O)n3CC)cc2)c1. The average Bonchev–Trinajstić information content (AvgIpc) is 3.75. The molecule has 3 aromatic carbocycles. The molecule has 1 saturated carbocycles. The predicted molar refractivity (Wildman–Crippen MR) is 154 cm³/mol. The van der Waals surface area contributed by atoms with E-state index in [4.69, 9.17) is 9.84 Å². The second kappa shape index (κ2) is 12.3. The van der Waals surface area contributed by atoms with Gasteiger partial charge in [-0.05, 0) is 78.8 Å². The molecule has 202 valence electrons. The zero-order valence-electron chi connectivity index (χ0n) is 22.9. The molecular weight excluding hydrogens is 486 g/mol. The smallest absolute Gasteiger partial charge is 0.346 e. The standard InChI is InChI=1S/C33H37N3O3/c1-3-35-31(34-36(33(35)38)23-25-13-17-27(18-14-25)28-19-20-28)10-6-7-24-11-15-29(16-12-24)30-9-5-8-26(21-30)22-32(37)39-4-2/h5,8-9,11-18,21,28H,3-4,6-7,10,19-20,22-23H2,1-2H3. The first kappa shape index (κ1) is 26.7. The minimum atomic E-state index is -0.203. The number of carbonyl (C=O) groups is 1. The first-order valence-corrected chi connectivity index (χ1v) is 14.1. The molecule has 0 radical (unpaired) electrons. The van der Waals surface area contributed by atoms with E-state index in [1.165, 1.54) is 24.0 Å². The number of carbonyl (C=O) groups excluding carboxylic acids is 1. The number of esters is 1. The van der Waals surface area contributed by atoms with E-state index in [1.54, 1.807) is 9.25 Å². The third-order valence-corrected chi connectivity index (χ3v) is 7.41. The Kier molecular flexibility index (Phi) is 8.40. The van der Waals surface area contributed by atoms with Gasteiger partial charge in [-0.25, -0.2) is 9.48 Å². The normalized spacial score (nSPS) is 13.0. The van der Waals surface area contributed by atoms with Gasteiger partial charge in [0.15, 0.2) is 0 Å². The van der Waals surface area contributed by atoms with Crippen molar-refractivity contribution < 1.29 is 9.53 Å². The summed E-state index contributed by atoms with van der Waals surface area (Å²) in [4.78, 5) is 24.8. The minimum Gasteiger partial charge on any atom is -0.466 e. The summed E-state index contributed by atoms with van der Waals surface area (Å²) < 4.78 is 8.48. The molecule has 0 amide bonds. The first-order chi connectivity index (χ1) is 19.0. The van der Waals surface area contributed by atoms with Crippen LogP contribution in [-0.2, 0) is 41.9 Å². The van der Waals surface area contributed by atoms with Gasteiger partial charge in [-0.3, -0.25) is 9.36 Å². The number of aryl methyl sites for hydroxylation is 2. The fraction of sp³-hybridized carbons (Fsp3) is 0.364. The largest absolute Gasteiger partial charge is 0.466 e. The zero-order valence-corrected chi connectivity index (χ0v) is 22.9. The van der Waals surface area contributed by atoms with Crippen molar-refractivity contribution in [1.29, 1.82) is 0 Å². The number of aromatic nitrogens is 3. The first-order valence-electron chi connectivity index (χ1n) is 14.1. The summed E-state index contributed by atoms with van der Waals surface area (Å²) in [5.74, 6) is 1.39. The molecule has 1 aliphatic rings. The number of hydrogen-bond acceptors (Lipinski definition) is 4. The van der Waals surface area contributed by atoms with Crippen LogP contribution in [0.2, 0.25) is 0 Å². The van der Waals surface area contributed by atoms with Crippen molar-refractivity contribution in [2.24, 2.45) is 0 Å². The topological polar surface area (TPSA) is 66.1 Å². The number of hydrogen-bond donors (Lipinski definition) is 0. The van der Waals surface area contributed by atoms with Gasteiger partial charge in [-0.15, -0.1) is 0 Å². The summed E-state index contributed by atoms with van der Waals surface area (Å²) in [6, 6.07) is 25.3. The van der Waals surface area contributed by atoms with Gasteiger partial charge in [0.05, 0.1) is 19.6 Å². The number of nitrogens with zero attached hydrogens (tertiary/aromatic N) is 3. The maximum atomic E-state index is 13.0. The van der Waals surface area contributed by atoms with Crippen LogP contribution in [0.3, 0.4) is 0 Å². The van der Waals surface area contributed by atoms with E-state index in [1.807, 2.05) is 32.0 Å². The average molecular weight is 524 g/mol. The molecule has 6 nitrogen and oxygen atoms in total. The monoisotopic (exact) mass is 523 g/mol. The van der Waals surface area contributed by atoms with Crippen LogP contribution in [0.25, 0.3) is 11.1 Å². The van der Waals surface area contributed by atoms with Gasteiger partial charge in [0.2, 0.25) is 0 Å². The molecule has 1 fully saturated rings. The third-order valence-electron chi connectivity index (χ3n) is 7.41. The van der Waals surface area contributed by atoms with Crippen LogP contribution < -0.4 is 5.69 Å². The van der Waals surface area contributed by atoms with Gasteiger partial charge in [-0.1, -0.05) is 72.8 Å². The van der Waals surface area contributed by atoms with Crippen molar-refractivity contribution in [1.82, 2.24) is 14.3 Å². The lowest BCUT2D eigenvalue weighted by atomic mass is 9.99. The molecule has 0 N–H and O–H groups in total. The molecule has 0 spiro atoms. The summed E-state index contributed by atoms with van der Waals surface area (Å²) in [6.45, 7) is 5.35. The maximum Gasteiger partial charge on any atom is 0.346 e. The van der Waals surface area contributed by atoms with Crippen molar-refractivity contribution in [3.8, 4) is 11.1 Å². The molecule has 6 heteroatoms. The van der Waals surface area contributed by atoms with Crippen LogP contribution >= 0.6 is 0 Å². The summed E-state index contributed by atoms with van der Waals surface area (Å²) in [6.07, 6.45) is 5.45. The second-order valence-electron chi connectivity index (χ2n) is 10.3. The Morgan fingerprint density at radius 1 is 0.897 bits per heavy atom. The van der Waals surface area contributed by atoms with Crippen LogP contribution in [0.1, 0.15) is 67.1 Å². The van der Waals surface area contributed by atoms with E-state index < -0.39 is 0 Å². The lowest BCUT2D eigenvalue weighted by Crippen LogP contribution is -2.25. The third kappa shape index (κ3) is 6.75. The molecule has 1 heterocycles. The highest BCUT2D eigenvalue weighted by Crippen LogP contribution is 2.39. The highest BCUT2D eigenvalue weighted by molar-refractivity contribution is 5.74. The Labute approximate surface area is 230 Å². The van der Waals surface area contributed by atoms with Gasteiger partial charge in [0, 0.05) is 13.0 Å². The molecule has 0 aliphatic heterocycles. The van der Waals surface area contributed by atoms with Crippen molar-refractivity contribution in [3.63, 3.8) is 0 Å². The Balaban J connectivity index is 1.18. The number of benzene rings is 3. The molecule has 0 saturated heterocycles. The highest BCUT2D eigenvalue weighted by atomic mass is 16.5. The fourth-order valence-electron chi connectivity index (χ4n) is 5.13. The molecule has 0 unspecified atom stereocenters. The quantitative estimate of drug-likeness (QED) is 0.216. The van der Waals surface area contributed by atoms with E-state index in [-0.39, 0.29) is 18.1 Å². The van der Waals surface area contributed by atoms with E-state index in [2.05, 4.69) is 54.6 Å². The van der Waals surface area contributed by atoms with E-state index in [0.29, 0.717) is 19.7 Å². The summed E-state index contributed by atoms with van der Waals surface area (Å²) in [5.41, 5.74) is 6.89. The van der Waals surface area contributed by atoms with Crippen molar-refractivity contribution >= 4 is 5.97 Å². The lowest BCUT2D eigenvalue weighted by molar-refractivity contribution is -0.142. The van der Waals surface area contributed by atoms with Crippen molar-refractivity contribution in [2.75, 3.05) is 6.61 Å². The van der Waals surface area contributed by atoms with Crippen LogP contribution in [-0.4, -0.2) is 26.9 Å². The molecule has 1 aliphatic carbocycles. The van der Waals surface area contributed by atoms with E-state index in [9.17, 15) is 9.59 Å². The highest BCUT2D eigenvalue weighted by Gasteiger charge is 2.23. The molecule has 39 heavy (non-hydrogen) atoms. The van der Waals surface area contributed by atoms with Gasteiger partial charge >= 0.3 is 11.7 Å². The van der Waals surface area contributed by atoms with Crippen LogP contribution in [0.15, 0.2) is 77.6 Å². The fourth-order valence-corrected chi connectivity index (χ4v) is 5.13. The minimum absolute atomic E-state index is 0.0340. The molecule has 0 atom stereocenters. The molecule has 1 aromatic heterocycles.